The number of fused-ring (bicyclic) bond motifs is 1. The number of carboxylic acid groups (broad SMARTS) is 1. The molecule has 19 heavy (non-hydrogen) atoms. The molecule has 0 atom stereocenters. The van der Waals surface area contributed by atoms with Gasteiger partial charge in [0.15, 0.2) is 0 Å². The minimum atomic E-state index is -0.925. The Hall–Kier alpha value is -2.56. The minimum Gasteiger partial charge on any atom is -0.478 e. The quantitative estimate of drug-likeness (QED) is 0.782. The first kappa shape index (κ1) is 11.5. The Balaban J connectivity index is 2.11. The van der Waals surface area contributed by atoms with E-state index in [1.54, 1.807) is 6.20 Å². The Morgan fingerprint density at radius 1 is 1.42 bits per heavy atom. The van der Waals surface area contributed by atoms with E-state index >= 15 is 0 Å². The Labute approximate surface area is 109 Å². The van der Waals surface area contributed by atoms with E-state index in [0.29, 0.717) is 12.1 Å². The molecule has 0 aliphatic rings. The largest absolute Gasteiger partial charge is 0.478 e. The lowest BCUT2D eigenvalue weighted by atomic mass is 10.2. The number of aromatic nitrogens is 2. The maximum atomic E-state index is 11.2. The van der Waals surface area contributed by atoms with E-state index < -0.39 is 5.97 Å². The van der Waals surface area contributed by atoms with Gasteiger partial charge in [-0.05, 0) is 13.0 Å². The SMILES string of the molecule is Cc1cc(Cn2cc(C(=O)O)c3ccccc32)no1. The number of nitrogens with zero attached hydrogens (tertiary/aromatic N) is 2. The fourth-order valence-electron chi connectivity index (χ4n) is 2.22. The van der Waals surface area contributed by atoms with Gasteiger partial charge in [0.05, 0.1) is 12.1 Å². The van der Waals surface area contributed by atoms with Gasteiger partial charge in [0, 0.05) is 23.2 Å². The van der Waals surface area contributed by atoms with E-state index in [9.17, 15) is 9.90 Å². The molecule has 2 aromatic heterocycles. The summed E-state index contributed by atoms with van der Waals surface area (Å²) in [5, 5.41) is 13.9. The fourth-order valence-corrected chi connectivity index (χ4v) is 2.22. The standard InChI is InChI=1S/C14H12N2O3/c1-9-6-10(15-19-9)7-16-8-12(14(17)18)11-4-2-3-5-13(11)16/h2-6,8H,7H2,1H3,(H,17,18). The van der Waals surface area contributed by atoms with E-state index in [1.165, 1.54) is 0 Å². The lowest BCUT2D eigenvalue weighted by Gasteiger charge is -2.01. The molecule has 3 aromatic rings. The van der Waals surface area contributed by atoms with Crippen LogP contribution < -0.4 is 0 Å². The average Bonchev–Trinajstić information content (AvgIpc) is 2.95. The van der Waals surface area contributed by atoms with Crippen LogP contribution in [0.15, 0.2) is 41.1 Å². The van der Waals surface area contributed by atoms with Crippen molar-refractivity contribution in [1.29, 1.82) is 0 Å². The zero-order valence-corrected chi connectivity index (χ0v) is 10.3. The van der Waals surface area contributed by atoms with Crippen molar-refractivity contribution < 1.29 is 14.4 Å². The third-order valence-corrected chi connectivity index (χ3v) is 3.03. The van der Waals surface area contributed by atoms with Crippen molar-refractivity contribution in [2.24, 2.45) is 0 Å². The molecule has 96 valence electrons. The third kappa shape index (κ3) is 1.99. The summed E-state index contributed by atoms with van der Waals surface area (Å²) in [5.74, 6) is -0.184. The van der Waals surface area contributed by atoms with Crippen LogP contribution in [0.4, 0.5) is 0 Å². The number of aryl methyl sites for hydroxylation is 1. The predicted molar refractivity (Wildman–Crippen MR) is 69.2 cm³/mol. The maximum Gasteiger partial charge on any atom is 0.337 e. The van der Waals surface area contributed by atoms with Crippen LogP contribution in [0.3, 0.4) is 0 Å². The highest BCUT2D eigenvalue weighted by molar-refractivity contribution is 6.03. The molecule has 0 unspecified atom stereocenters. The van der Waals surface area contributed by atoms with Gasteiger partial charge >= 0.3 is 5.97 Å². The molecule has 2 heterocycles. The summed E-state index contributed by atoms with van der Waals surface area (Å²) in [6.07, 6.45) is 1.64. The lowest BCUT2D eigenvalue weighted by Crippen LogP contribution is -1.98. The summed E-state index contributed by atoms with van der Waals surface area (Å²) in [6.45, 7) is 2.32. The van der Waals surface area contributed by atoms with Crippen LogP contribution in [0.1, 0.15) is 21.8 Å². The van der Waals surface area contributed by atoms with Crippen LogP contribution in [0.25, 0.3) is 10.9 Å². The highest BCUT2D eigenvalue weighted by atomic mass is 16.5. The number of hydrogen-bond acceptors (Lipinski definition) is 3. The highest BCUT2D eigenvalue weighted by Crippen LogP contribution is 2.22. The average molecular weight is 256 g/mol. The molecule has 0 radical (unpaired) electrons. The molecule has 0 saturated heterocycles. The summed E-state index contributed by atoms with van der Waals surface area (Å²) in [6, 6.07) is 9.27. The van der Waals surface area contributed by atoms with Gasteiger partial charge in [0.2, 0.25) is 0 Å². The number of hydrogen-bond donors (Lipinski definition) is 1. The molecule has 0 amide bonds. The lowest BCUT2D eigenvalue weighted by molar-refractivity contribution is 0.0699. The zero-order chi connectivity index (χ0) is 13.4. The summed E-state index contributed by atoms with van der Waals surface area (Å²) >= 11 is 0. The summed E-state index contributed by atoms with van der Waals surface area (Å²) < 4.78 is 6.89. The molecular weight excluding hydrogens is 244 g/mol. The van der Waals surface area contributed by atoms with Crippen LogP contribution >= 0.6 is 0 Å². The van der Waals surface area contributed by atoms with Crippen LogP contribution in [-0.2, 0) is 6.54 Å². The van der Waals surface area contributed by atoms with Crippen LogP contribution in [-0.4, -0.2) is 20.8 Å². The Kier molecular flexibility index (Phi) is 2.59. The van der Waals surface area contributed by atoms with E-state index in [2.05, 4.69) is 5.16 Å². The molecule has 5 heteroatoms. The van der Waals surface area contributed by atoms with Gasteiger partial charge < -0.3 is 14.2 Å². The summed E-state index contributed by atoms with van der Waals surface area (Å²) in [7, 11) is 0. The molecule has 1 aromatic carbocycles. The number of rotatable bonds is 3. The first-order valence-corrected chi connectivity index (χ1v) is 5.88. The first-order chi connectivity index (χ1) is 9.15. The second-order valence-corrected chi connectivity index (χ2v) is 4.42. The molecule has 0 aliphatic carbocycles. The molecule has 0 saturated carbocycles. The van der Waals surface area contributed by atoms with E-state index in [1.807, 2.05) is 41.8 Å². The van der Waals surface area contributed by atoms with E-state index in [0.717, 1.165) is 22.4 Å². The van der Waals surface area contributed by atoms with Gasteiger partial charge in [-0.3, -0.25) is 0 Å². The monoisotopic (exact) mass is 256 g/mol. The van der Waals surface area contributed by atoms with Crippen molar-refractivity contribution in [3.63, 3.8) is 0 Å². The van der Waals surface area contributed by atoms with Gasteiger partial charge in [0.1, 0.15) is 11.5 Å². The van der Waals surface area contributed by atoms with Crippen molar-refractivity contribution >= 4 is 16.9 Å². The normalized spacial score (nSPS) is 11.0. The Morgan fingerprint density at radius 2 is 2.21 bits per heavy atom. The fraction of sp³-hybridized carbons (Fsp3) is 0.143. The molecule has 0 bridgehead atoms. The topological polar surface area (TPSA) is 68.3 Å². The molecule has 3 rings (SSSR count). The Morgan fingerprint density at radius 3 is 2.89 bits per heavy atom. The van der Waals surface area contributed by atoms with Crippen molar-refractivity contribution in [2.45, 2.75) is 13.5 Å². The van der Waals surface area contributed by atoms with Gasteiger partial charge in [-0.15, -0.1) is 0 Å². The summed E-state index contributed by atoms with van der Waals surface area (Å²) in [4.78, 5) is 11.2. The molecule has 1 N–H and O–H groups in total. The molecule has 0 fully saturated rings. The van der Waals surface area contributed by atoms with Crippen LogP contribution in [0.2, 0.25) is 0 Å². The molecule has 0 aliphatic heterocycles. The highest BCUT2D eigenvalue weighted by Gasteiger charge is 2.14. The summed E-state index contributed by atoms with van der Waals surface area (Å²) in [5.41, 5.74) is 1.95. The number of para-hydroxylation sites is 1. The van der Waals surface area contributed by atoms with Crippen molar-refractivity contribution in [2.75, 3.05) is 0 Å². The van der Waals surface area contributed by atoms with Gasteiger partial charge in [-0.25, -0.2) is 4.79 Å². The molecule has 0 spiro atoms. The number of carboxylic acids is 1. The van der Waals surface area contributed by atoms with Crippen LogP contribution in [0, 0.1) is 6.92 Å². The minimum absolute atomic E-state index is 0.302. The van der Waals surface area contributed by atoms with Crippen LogP contribution in [0.5, 0.6) is 0 Å². The van der Waals surface area contributed by atoms with Crippen molar-refractivity contribution in [3.05, 3.63) is 53.5 Å². The second-order valence-electron chi connectivity index (χ2n) is 4.42. The number of aromatic carboxylic acids is 1. The van der Waals surface area contributed by atoms with Gasteiger partial charge in [-0.2, -0.15) is 0 Å². The maximum absolute atomic E-state index is 11.2. The molecular formula is C14H12N2O3. The van der Waals surface area contributed by atoms with E-state index in [4.69, 9.17) is 4.52 Å². The smallest absolute Gasteiger partial charge is 0.337 e. The van der Waals surface area contributed by atoms with Gasteiger partial charge in [-0.1, -0.05) is 23.4 Å². The number of carbonyl (C=O) groups is 1. The third-order valence-electron chi connectivity index (χ3n) is 3.03. The Bertz CT molecular complexity index is 755. The number of benzene rings is 1. The van der Waals surface area contributed by atoms with Crippen molar-refractivity contribution in [3.8, 4) is 0 Å². The molecule has 5 nitrogen and oxygen atoms in total. The first-order valence-electron chi connectivity index (χ1n) is 5.88. The predicted octanol–water partition coefficient (Wildman–Crippen LogP) is 2.68. The van der Waals surface area contributed by atoms with E-state index in [-0.39, 0.29) is 0 Å². The van der Waals surface area contributed by atoms with Crippen molar-refractivity contribution in [1.82, 2.24) is 9.72 Å². The zero-order valence-electron chi connectivity index (χ0n) is 10.3. The second kappa shape index (κ2) is 4.28. The van der Waals surface area contributed by atoms with Gasteiger partial charge in [0.25, 0.3) is 0 Å².